The number of nitrogens with one attached hydrogen (secondary N) is 1. The first-order valence-electron chi connectivity index (χ1n) is 9.00. The van der Waals surface area contributed by atoms with Crippen LogP contribution in [-0.4, -0.2) is 22.8 Å². The van der Waals surface area contributed by atoms with Gasteiger partial charge >= 0.3 is 0 Å². The number of benzene rings is 2. The first-order valence-corrected chi connectivity index (χ1v) is 9.00. The van der Waals surface area contributed by atoms with Gasteiger partial charge in [-0.1, -0.05) is 29.8 Å². The third kappa shape index (κ3) is 2.81. The van der Waals surface area contributed by atoms with Crippen molar-refractivity contribution < 1.29 is 9.47 Å². The maximum absolute atomic E-state index is 9.74. The first kappa shape index (κ1) is 17.8. The van der Waals surface area contributed by atoms with Gasteiger partial charge in [-0.3, -0.25) is 5.41 Å². The van der Waals surface area contributed by atoms with Crippen LogP contribution in [0.25, 0.3) is 5.69 Å². The summed E-state index contributed by atoms with van der Waals surface area (Å²) in [4.78, 5) is 0. The predicted octanol–water partition coefficient (Wildman–Crippen LogP) is 4.14. The molecule has 4 rings (SSSR count). The number of aryl methyl sites for hydroxylation is 2. The zero-order valence-electron chi connectivity index (χ0n) is 15.9. The lowest BCUT2D eigenvalue weighted by atomic mass is 9.79. The molecule has 3 aromatic rings. The Morgan fingerprint density at radius 3 is 2.39 bits per heavy atom. The highest BCUT2D eigenvalue weighted by molar-refractivity contribution is 5.85. The molecule has 0 amide bonds. The van der Waals surface area contributed by atoms with Crippen molar-refractivity contribution >= 4 is 5.90 Å². The Balaban J connectivity index is 1.89. The Bertz CT molecular complexity index is 1080. The van der Waals surface area contributed by atoms with E-state index in [0.717, 1.165) is 33.8 Å². The van der Waals surface area contributed by atoms with E-state index >= 15 is 0 Å². The standard InChI is InChI=1S/C22H20N4O2/c1-13-4-8-16(9-5-13)26-22-19(14(2)25-26)20(18(12-23)21(24)28-22)15-6-10-17(27-3)11-7-15/h4-11,18,20,24H,1-3H3. The molecule has 0 spiro atoms. The third-order valence-corrected chi connectivity index (χ3v) is 5.09. The number of hydrogen-bond donors (Lipinski definition) is 1. The summed E-state index contributed by atoms with van der Waals surface area (Å²) < 4.78 is 12.8. The predicted molar refractivity (Wildman–Crippen MR) is 105 cm³/mol. The van der Waals surface area contributed by atoms with Gasteiger partial charge in [0.15, 0.2) is 0 Å². The number of nitrogens with zero attached hydrogens (tertiary/aromatic N) is 3. The molecule has 0 radical (unpaired) electrons. The van der Waals surface area contributed by atoms with Crippen molar-refractivity contribution in [3.8, 4) is 23.4 Å². The van der Waals surface area contributed by atoms with Crippen LogP contribution in [-0.2, 0) is 0 Å². The number of rotatable bonds is 3. The van der Waals surface area contributed by atoms with E-state index in [1.54, 1.807) is 11.8 Å². The van der Waals surface area contributed by atoms with Gasteiger partial charge in [0.25, 0.3) is 0 Å². The highest BCUT2D eigenvalue weighted by atomic mass is 16.5. The summed E-state index contributed by atoms with van der Waals surface area (Å²) in [5.41, 5.74) is 4.55. The lowest BCUT2D eigenvalue weighted by molar-refractivity contribution is 0.413. The number of ether oxygens (including phenoxy) is 2. The van der Waals surface area contributed by atoms with Crippen LogP contribution in [0.2, 0.25) is 0 Å². The molecule has 1 aliphatic heterocycles. The maximum atomic E-state index is 9.74. The van der Waals surface area contributed by atoms with Crippen molar-refractivity contribution in [3.63, 3.8) is 0 Å². The fraction of sp³-hybridized carbons (Fsp3) is 0.227. The number of methoxy groups -OCH3 is 1. The van der Waals surface area contributed by atoms with Crippen LogP contribution in [0.1, 0.15) is 28.3 Å². The molecule has 1 aliphatic rings. The zero-order valence-corrected chi connectivity index (χ0v) is 15.9. The van der Waals surface area contributed by atoms with Gasteiger partial charge in [-0.05, 0) is 43.7 Å². The molecule has 2 unspecified atom stereocenters. The van der Waals surface area contributed by atoms with E-state index in [-0.39, 0.29) is 11.8 Å². The van der Waals surface area contributed by atoms with Crippen molar-refractivity contribution in [3.05, 3.63) is 70.9 Å². The second-order valence-electron chi connectivity index (χ2n) is 6.88. The second-order valence-corrected chi connectivity index (χ2v) is 6.88. The smallest absolute Gasteiger partial charge is 0.228 e. The number of aromatic nitrogens is 2. The molecule has 140 valence electrons. The molecule has 0 bridgehead atoms. The molecule has 0 aliphatic carbocycles. The molecule has 2 atom stereocenters. The van der Waals surface area contributed by atoms with Crippen LogP contribution < -0.4 is 9.47 Å². The summed E-state index contributed by atoms with van der Waals surface area (Å²) in [6.07, 6.45) is 0. The van der Waals surface area contributed by atoms with Crippen LogP contribution >= 0.6 is 0 Å². The fourth-order valence-electron chi connectivity index (χ4n) is 3.62. The minimum Gasteiger partial charge on any atom is -0.497 e. The summed E-state index contributed by atoms with van der Waals surface area (Å²) in [5, 5.41) is 22.7. The van der Waals surface area contributed by atoms with Gasteiger partial charge in [-0.15, -0.1) is 0 Å². The van der Waals surface area contributed by atoms with Crippen LogP contribution in [0, 0.1) is 36.5 Å². The first-order chi connectivity index (χ1) is 13.5. The third-order valence-electron chi connectivity index (χ3n) is 5.09. The molecular formula is C22H20N4O2. The molecule has 6 heteroatoms. The minimum absolute atomic E-state index is 0.0657. The van der Waals surface area contributed by atoms with Crippen molar-refractivity contribution in [1.29, 1.82) is 10.7 Å². The van der Waals surface area contributed by atoms with E-state index in [1.165, 1.54) is 0 Å². The average Bonchev–Trinajstić information content (AvgIpc) is 3.03. The van der Waals surface area contributed by atoms with Crippen molar-refractivity contribution in [2.75, 3.05) is 7.11 Å². The van der Waals surface area contributed by atoms with Crippen LogP contribution in [0.4, 0.5) is 0 Å². The van der Waals surface area contributed by atoms with Crippen LogP contribution in [0.15, 0.2) is 48.5 Å². The van der Waals surface area contributed by atoms with Crippen LogP contribution in [0.3, 0.4) is 0 Å². The Morgan fingerprint density at radius 2 is 1.79 bits per heavy atom. The SMILES string of the molecule is COc1ccc(C2c3c(C)nn(-c4ccc(C)cc4)c3OC(=N)C2C#N)cc1. The van der Waals surface area contributed by atoms with E-state index in [9.17, 15) is 5.26 Å². The molecule has 0 saturated carbocycles. The van der Waals surface area contributed by atoms with Gasteiger partial charge in [0.2, 0.25) is 11.8 Å². The molecule has 0 saturated heterocycles. The normalized spacial score (nSPS) is 18.1. The quantitative estimate of drug-likeness (QED) is 0.749. The van der Waals surface area contributed by atoms with Crippen molar-refractivity contribution in [2.24, 2.45) is 5.92 Å². The monoisotopic (exact) mass is 372 g/mol. The summed E-state index contributed by atoms with van der Waals surface area (Å²) in [7, 11) is 1.62. The maximum Gasteiger partial charge on any atom is 0.228 e. The highest BCUT2D eigenvalue weighted by Gasteiger charge is 2.41. The average molecular weight is 372 g/mol. The summed E-state index contributed by atoms with van der Waals surface area (Å²) >= 11 is 0. The Hall–Kier alpha value is -3.59. The zero-order chi connectivity index (χ0) is 19.8. The second kappa shape index (κ2) is 6.86. The molecule has 2 aromatic carbocycles. The van der Waals surface area contributed by atoms with Gasteiger partial charge in [0.1, 0.15) is 11.7 Å². The number of hydrogen-bond acceptors (Lipinski definition) is 5. The lowest BCUT2D eigenvalue weighted by Gasteiger charge is -2.28. The molecule has 2 heterocycles. The largest absolute Gasteiger partial charge is 0.497 e. The van der Waals surface area contributed by atoms with Crippen molar-refractivity contribution in [2.45, 2.75) is 19.8 Å². The van der Waals surface area contributed by atoms with E-state index in [1.807, 2.05) is 62.4 Å². The molecule has 28 heavy (non-hydrogen) atoms. The van der Waals surface area contributed by atoms with Gasteiger partial charge < -0.3 is 9.47 Å². The van der Waals surface area contributed by atoms with E-state index in [4.69, 9.17) is 14.9 Å². The number of nitriles is 1. The summed E-state index contributed by atoms with van der Waals surface area (Å²) in [5.74, 6) is 0.135. The Labute approximate surface area is 163 Å². The fourth-order valence-corrected chi connectivity index (χ4v) is 3.62. The van der Waals surface area contributed by atoms with Gasteiger partial charge in [0.05, 0.1) is 24.6 Å². The summed E-state index contributed by atoms with van der Waals surface area (Å²) in [6.45, 7) is 3.93. The van der Waals surface area contributed by atoms with Gasteiger partial charge in [0, 0.05) is 11.5 Å². The number of fused-ring (bicyclic) bond motifs is 1. The van der Waals surface area contributed by atoms with Crippen molar-refractivity contribution in [1.82, 2.24) is 9.78 Å². The van der Waals surface area contributed by atoms with E-state index < -0.39 is 5.92 Å². The molecular weight excluding hydrogens is 352 g/mol. The Kier molecular flexibility index (Phi) is 4.36. The Morgan fingerprint density at radius 1 is 1.11 bits per heavy atom. The summed E-state index contributed by atoms with van der Waals surface area (Å²) in [6, 6.07) is 17.8. The van der Waals surface area contributed by atoms with E-state index in [2.05, 4.69) is 11.2 Å². The van der Waals surface area contributed by atoms with E-state index in [0.29, 0.717) is 5.88 Å². The molecule has 1 N–H and O–H groups in total. The molecule has 0 fully saturated rings. The highest BCUT2D eigenvalue weighted by Crippen LogP contribution is 2.44. The van der Waals surface area contributed by atoms with Gasteiger partial charge in [-0.25, -0.2) is 4.68 Å². The lowest BCUT2D eigenvalue weighted by Crippen LogP contribution is -2.31. The minimum atomic E-state index is -0.713. The molecule has 1 aromatic heterocycles. The van der Waals surface area contributed by atoms with Crippen LogP contribution in [0.5, 0.6) is 11.6 Å². The molecule has 6 nitrogen and oxygen atoms in total. The topological polar surface area (TPSA) is 83.9 Å². The van der Waals surface area contributed by atoms with Gasteiger partial charge in [-0.2, -0.15) is 10.4 Å².